The number of aryl methyl sites for hydroxylation is 2. The number of halogens is 3. The lowest BCUT2D eigenvalue weighted by Crippen LogP contribution is -2.07. The van der Waals surface area contributed by atoms with Crippen LogP contribution in [-0.4, -0.2) is 22.7 Å². The van der Waals surface area contributed by atoms with Crippen LogP contribution < -0.4 is 4.74 Å². The van der Waals surface area contributed by atoms with Gasteiger partial charge in [-0.15, -0.1) is 19.4 Å². The Morgan fingerprint density at radius 3 is 2.58 bits per heavy atom. The third kappa shape index (κ3) is 8.37. The summed E-state index contributed by atoms with van der Waals surface area (Å²) >= 11 is 0. The first kappa shape index (κ1) is 32.0. The summed E-state index contributed by atoms with van der Waals surface area (Å²) in [5.74, 6) is 0.565. The highest BCUT2D eigenvalue weighted by atomic mass is 19.4. The van der Waals surface area contributed by atoms with Crippen LogP contribution in [0.5, 0.6) is 5.75 Å². The van der Waals surface area contributed by atoms with Crippen LogP contribution in [0.3, 0.4) is 0 Å². The zero-order valence-electron chi connectivity index (χ0n) is 22.9. The molecule has 0 spiro atoms. The topological polar surface area (TPSA) is 72.6 Å². The van der Waals surface area contributed by atoms with Crippen LogP contribution in [0.25, 0.3) is 17.2 Å². The summed E-state index contributed by atoms with van der Waals surface area (Å²) in [7, 11) is 0. The van der Waals surface area contributed by atoms with Gasteiger partial charge in [-0.2, -0.15) is 13.2 Å². The van der Waals surface area contributed by atoms with Crippen LogP contribution in [0.15, 0.2) is 59.5 Å². The van der Waals surface area contributed by atoms with Gasteiger partial charge in [-0.1, -0.05) is 24.3 Å². The molecule has 0 saturated carbocycles. The number of hydrogen-bond acceptors (Lipinski definition) is 4. The van der Waals surface area contributed by atoms with E-state index >= 15 is 0 Å². The Balaban J connectivity index is 0.00000105. The van der Waals surface area contributed by atoms with Crippen LogP contribution in [0, 0.1) is 19.8 Å². The van der Waals surface area contributed by atoms with Gasteiger partial charge >= 0.3 is 12.1 Å². The number of hydrogen-bond donors (Lipinski definition) is 1. The number of carboxylic acid groups (broad SMARTS) is 1. The Morgan fingerprint density at radius 1 is 1.25 bits per heavy atom. The number of oxazole rings is 1. The Morgan fingerprint density at radius 2 is 1.95 bits per heavy atom. The van der Waals surface area contributed by atoms with Crippen LogP contribution >= 0.6 is 0 Å². The van der Waals surface area contributed by atoms with Crippen LogP contribution in [0.1, 0.15) is 66.6 Å². The highest BCUT2D eigenvalue weighted by Crippen LogP contribution is 2.45. The van der Waals surface area contributed by atoms with Gasteiger partial charge in [0.25, 0.3) is 0 Å². The number of benzene rings is 2. The SMILES string of the molecule is C#C.C/C=C/c1nc(CCOc2cc3c(c(-c4cccc(C(F)(F)F)c4)c2)C(CC(=O)O)CC3)c(C)o1.C=CC. The molecule has 1 atom stereocenters. The van der Waals surface area contributed by atoms with Crippen LogP contribution in [0.2, 0.25) is 0 Å². The van der Waals surface area contributed by atoms with Crippen molar-refractivity contribution in [3.8, 4) is 29.7 Å². The Kier molecular flexibility index (Phi) is 11.8. The van der Waals surface area contributed by atoms with E-state index in [1.165, 1.54) is 6.07 Å². The van der Waals surface area contributed by atoms with E-state index in [9.17, 15) is 23.1 Å². The summed E-state index contributed by atoms with van der Waals surface area (Å²) in [5.41, 5.74) is 2.71. The summed E-state index contributed by atoms with van der Waals surface area (Å²) in [4.78, 5) is 15.8. The molecule has 3 aromatic rings. The average Bonchev–Trinajstić information content (AvgIpc) is 3.47. The normalized spacial score (nSPS) is 13.9. The molecule has 0 saturated heterocycles. The van der Waals surface area contributed by atoms with E-state index in [2.05, 4.69) is 24.4 Å². The number of aromatic nitrogens is 1. The fraction of sp³-hybridized carbons (Fsp3) is 0.312. The number of carboxylic acids is 1. The zero-order valence-corrected chi connectivity index (χ0v) is 22.9. The highest BCUT2D eigenvalue weighted by Gasteiger charge is 2.32. The van der Waals surface area contributed by atoms with Gasteiger partial charge in [0.05, 0.1) is 24.3 Å². The second-order valence-electron chi connectivity index (χ2n) is 9.02. The van der Waals surface area contributed by atoms with Crippen molar-refractivity contribution in [3.63, 3.8) is 0 Å². The van der Waals surface area contributed by atoms with E-state index < -0.39 is 17.7 Å². The summed E-state index contributed by atoms with van der Waals surface area (Å²) < 4.78 is 51.7. The molecule has 1 heterocycles. The minimum atomic E-state index is -4.48. The van der Waals surface area contributed by atoms with E-state index in [-0.39, 0.29) is 12.3 Å². The summed E-state index contributed by atoms with van der Waals surface area (Å²) in [5, 5.41) is 9.36. The van der Waals surface area contributed by atoms with Gasteiger partial charge in [0.15, 0.2) is 0 Å². The molecule has 1 unspecified atom stereocenters. The number of nitrogens with zero attached hydrogens (tertiary/aromatic N) is 1. The van der Waals surface area contributed by atoms with Gasteiger partial charge in [-0.05, 0) is 92.1 Å². The van der Waals surface area contributed by atoms with Gasteiger partial charge in [0.1, 0.15) is 11.5 Å². The van der Waals surface area contributed by atoms with Crippen molar-refractivity contribution in [1.82, 2.24) is 4.98 Å². The standard InChI is InChI=1S/C27H26F3NO4.C3H6.C2H2/c1-3-5-24-31-23(16(2)35-24)10-11-34-21-13-18-8-9-19(14-25(32)33)26(18)22(15-21)17-6-4-7-20(12-17)27(28,29)30;1-3-2;1-2/h3-7,12-13,15,19H,8-11,14H2,1-2H3,(H,32,33);3H,1H2,2H3;1-2H/b5-3+;;. The minimum absolute atomic E-state index is 0.0703. The zero-order chi connectivity index (χ0) is 29.9. The molecule has 0 bridgehead atoms. The van der Waals surface area contributed by atoms with E-state index in [4.69, 9.17) is 9.15 Å². The molecular formula is C32H34F3NO4. The smallest absolute Gasteiger partial charge is 0.416 e. The molecule has 8 heteroatoms. The summed E-state index contributed by atoms with van der Waals surface area (Å²) in [6.45, 7) is 9.26. The maximum Gasteiger partial charge on any atom is 0.416 e. The van der Waals surface area contributed by atoms with E-state index in [1.807, 2.05) is 32.9 Å². The van der Waals surface area contributed by atoms with Gasteiger partial charge in [0, 0.05) is 6.42 Å². The van der Waals surface area contributed by atoms with E-state index in [0.717, 1.165) is 29.0 Å². The van der Waals surface area contributed by atoms with Crippen molar-refractivity contribution < 1.29 is 32.2 Å². The Labute approximate surface area is 233 Å². The molecule has 1 N–H and O–H groups in total. The summed E-state index contributed by atoms with van der Waals surface area (Å²) in [6, 6.07) is 8.71. The number of terminal acetylenes is 1. The number of allylic oxidation sites excluding steroid dienone is 2. The number of carbonyl (C=O) groups is 1. The monoisotopic (exact) mass is 553 g/mol. The number of alkyl halides is 3. The van der Waals surface area contributed by atoms with Gasteiger partial charge in [-0.3, -0.25) is 4.79 Å². The molecular weight excluding hydrogens is 519 g/mol. The van der Waals surface area contributed by atoms with Crippen LogP contribution in [0.4, 0.5) is 13.2 Å². The number of fused-ring (bicyclic) bond motifs is 1. The second kappa shape index (κ2) is 14.8. The number of ether oxygens (including phenoxy) is 1. The minimum Gasteiger partial charge on any atom is -0.493 e. The quantitative estimate of drug-likeness (QED) is 0.225. The number of rotatable bonds is 8. The molecule has 0 fully saturated rings. The molecule has 40 heavy (non-hydrogen) atoms. The van der Waals surface area contributed by atoms with Crippen molar-refractivity contribution in [2.24, 2.45) is 0 Å². The molecule has 0 aliphatic heterocycles. The van der Waals surface area contributed by atoms with Gasteiger partial charge < -0.3 is 14.3 Å². The predicted octanol–water partition coefficient (Wildman–Crippen LogP) is 8.27. The first-order chi connectivity index (χ1) is 19.1. The average molecular weight is 554 g/mol. The predicted molar refractivity (Wildman–Crippen MR) is 151 cm³/mol. The van der Waals surface area contributed by atoms with Crippen molar-refractivity contribution >= 4 is 12.0 Å². The molecule has 5 nitrogen and oxygen atoms in total. The molecule has 1 aliphatic carbocycles. The molecule has 2 aromatic carbocycles. The lowest BCUT2D eigenvalue weighted by atomic mass is 9.89. The van der Waals surface area contributed by atoms with Gasteiger partial charge in [0.2, 0.25) is 5.89 Å². The summed E-state index contributed by atoms with van der Waals surface area (Å²) in [6.07, 6.45) is 10.6. The lowest BCUT2D eigenvalue weighted by Gasteiger charge is -2.18. The Bertz CT molecular complexity index is 1350. The largest absolute Gasteiger partial charge is 0.493 e. The first-order valence-corrected chi connectivity index (χ1v) is 12.8. The second-order valence-corrected chi connectivity index (χ2v) is 9.02. The Hall–Kier alpha value is -4.25. The highest BCUT2D eigenvalue weighted by molar-refractivity contribution is 5.75. The first-order valence-electron chi connectivity index (χ1n) is 12.8. The van der Waals surface area contributed by atoms with Crippen molar-refractivity contribution in [1.29, 1.82) is 0 Å². The van der Waals surface area contributed by atoms with Crippen molar-refractivity contribution in [2.45, 2.75) is 58.5 Å². The maximum atomic E-state index is 13.4. The van der Waals surface area contributed by atoms with Crippen LogP contribution in [-0.2, 0) is 23.8 Å². The molecule has 1 aliphatic rings. The number of aliphatic carboxylic acids is 1. The molecule has 1 aromatic heterocycles. The van der Waals surface area contributed by atoms with E-state index in [1.54, 1.807) is 24.3 Å². The lowest BCUT2D eigenvalue weighted by molar-refractivity contribution is -0.138. The maximum absolute atomic E-state index is 13.4. The fourth-order valence-electron chi connectivity index (χ4n) is 4.61. The van der Waals surface area contributed by atoms with Gasteiger partial charge in [-0.25, -0.2) is 4.98 Å². The van der Waals surface area contributed by atoms with E-state index in [0.29, 0.717) is 54.4 Å². The fourth-order valence-corrected chi connectivity index (χ4v) is 4.61. The van der Waals surface area contributed by atoms with Crippen molar-refractivity contribution in [2.75, 3.05) is 6.61 Å². The third-order valence-electron chi connectivity index (χ3n) is 6.16. The molecule has 4 rings (SSSR count). The molecule has 0 amide bonds. The van der Waals surface area contributed by atoms with Crippen molar-refractivity contribution in [3.05, 3.63) is 89.2 Å². The third-order valence-corrected chi connectivity index (χ3v) is 6.16. The molecule has 0 radical (unpaired) electrons. The molecule has 212 valence electrons.